The fourth-order valence-electron chi connectivity index (χ4n) is 3.42. The second-order valence-electron chi connectivity index (χ2n) is 6.11. The van der Waals surface area contributed by atoms with Gasteiger partial charge in [0.25, 0.3) is 0 Å². The van der Waals surface area contributed by atoms with E-state index < -0.39 is 11.5 Å². The average molecular weight is 227 g/mol. The molecule has 3 N–H and O–H groups in total. The zero-order valence-corrected chi connectivity index (χ0v) is 10.9. The highest BCUT2D eigenvalue weighted by Gasteiger charge is 2.50. The van der Waals surface area contributed by atoms with Gasteiger partial charge in [-0.15, -0.1) is 0 Å². The molecule has 0 amide bonds. The summed E-state index contributed by atoms with van der Waals surface area (Å²) in [5, 5.41) is 9.14. The smallest absolute Gasteiger partial charge is 0.303 e. The molecular formula is C13H25NO2. The lowest BCUT2D eigenvalue weighted by Gasteiger charge is -2.53. The van der Waals surface area contributed by atoms with Crippen molar-refractivity contribution in [3.05, 3.63) is 0 Å². The van der Waals surface area contributed by atoms with Gasteiger partial charge in [0.05, 0.1) is 6.42 Å². The Kier molecular flexibility index (Phi) is 3.68. The molecule has 94 valence electrons. The van der Waals surface area contributed by atoms with Crippen LogP contribution < -0.4 is 5.73 Å². The Morgan fingerprint density at radius 1 is 1.50 bits per heavy atom. The molecule has 0 aromatic rings. The van der Waals surface area contributed by atoms with Crippen molar-refractivity contribution in [1.82, 2.24) is 0 Å². The van der Waals surface area contributed by atoms with Crippen LogP contribution in [0.3, 0.4) is 0 Å². The molecular weight excluding hydrogens is 202 g/mol. The maximum atomic E-state index is 11.1. The third kappa shape index (κ3) is 2.24. The van der Waals surface area contributed by atoms with E-state index in [-0.39, 0.29) is 11.8 Å². The van der Waals surface area contributed by atoms with Crippen molar-refractivity contribution in [2.24, 2.45) is 23.0 Å². The molecule has 0 spiro atoms. The maximum absolute atomic E-state index is 11.1. The number of rotatable bonds is 3. The number of hydrogen-bond acceptors (Lipinski definition) is 2. The van der Waals surface area contributed by atoms with E-state index in [0.29, 0.717) is 11.8 Å². The molecule has 3 nitrogen and oxygen atoms in total. The van der Waals surface area contributed by atoms with Crippen LogP contribution in [0.15, 0.2) is 0 Å². The molecule has 0 aromatic heterocycles. The van der Waals surface area contributed by atoms with Gasteiger partial charge >= 0.3 is 5.97 Å². The molecule has 0 radical (unpaired) electrons. The standard InChI is InChI=1S/C13H25NO2/c1-9-6-5-7-13(10(9)2,8-11(15)16)12(3,4)14/h9-10H,5-8,14H2,1-4H3,(H,15,16). The van der Waals surface area contributed by atoms with Crippen LogP contribution in [0.5, 0.6) is 0 Å². The average Bonchev–Trinajstić information content (AvgIpc) is 2.10. The van der Waals surface area contributed by atoms with Crippen molar-refractivity contribution >= 4 is 5.97 Å². The largest absolute Gasteiger partial charge is 0.481 e. The van der Waals surface area contributed by atoms with Gasteiger partial charge in [-0.05, 0) is 32.1 Å². The zero-order chi connectivity index (χ0) is 12.6. The van der Waals surface area contributed by atoms with Crippen LogP contribution in [0.1, 0.15) is 53.4 Å². The summed E-state index contributed by atoms with van der Waals surface area (Å²) in [6.45, 7) is 8.34. The number of hydrogen-bond donors (Lipinski definition) is 2. The van der Waals surface area contributed by atoms with Crippen molar-refractivity contribution in [1.29, 1.82) is 0 Å². The molecule has 0 aromatic carbocycles. The summed E-state index contributed by atoms with van der Waals surface area (Å²) in [7, 11) is 0. The normalized spacial score (nSPS) is 36.1. The van der Waals surface area contributed by atoms with Gasteiger partial charge in [-0.3, -0.25) is 4.79 Å². The van der Waals surface area contributed by atoms with Gasteiger partial charge in [0.15, 0.2) is 0 Å². The van der Waals surface area contributed by atoms with Crippen LogP contribution in [-0.2, 0) is 4.79 Å². The number of carboxylic acids is 1. The summed E-state index contributed by atoms with van der Waals surface area (Å²) < 4.78 is 0. The van der Waals surface area contributed by atoms with Crippen molar-refractivity contribution in [2.75, 3.05) is 0 Å². The van der Waals surface area contributed by atoms with E-state index in [0.717, 1.165) is 12.8 Å². The van der Waals surface area contributed by atoms with Gasteiger partial charge in [-0.25, -0.2) is 0 Å². The molecule has 16 heavy (non-hydrogen) atoms. The van der Waals surface area contributed by atoms with Crippen LogP contribution in [0, 0.1) is 17.3 Å². The quantitative estimate of drug-likeness (QED) is 0.779. The molecule has 1 aliphatic rings. The van der Waals surface area contributed by atoms with Gasteiger partial charge in [-0.2, -0.15) is 0 Å². The van der Waals surface area contributed by atoms with Crippen molar-refractivity contribution in [3.63, 3.8) is 0 Å². The minimum atomic E-state index is -0.723. The molecule has 1 rings (SSSR count). The lowest BCUT2D eigenvalue weighted by atomic mass is 9.54. The first kappa shape index (κ1) is 13.5. The Morgan fingerprint density at radius 2 is 2.06 bits per heavy atom. The second kappa shape index (κ2) is 4.36. The Morgan fingerprint density at radius 3 is 2.50 bits per heavy atom. The molecule has 0 bridgehead atoms. The number of aliphatic carboxylic acids is 1. The monoisotopic (exact) mass is 227 g/mol. The summed E-state index contributed by atoms with van der Waals surface area (Å²) in [5.41, 5.74) is 5.60. The molecule has 3 heteroatoms. The van der Waals surface area contributed by atoms with Crippen LogP contribution in [0.4, 0.5) is 0 Å². The van der Waals surface area contributed by atoms with Crippen LogP contribution in [0.2, 0.25) is 0 Å². The van der Waals surface area contributed by atoms with E-state index in [4.69, 9.17) is 10.8 Å². The molecule has 1 saturated carbocycles. The van der Waals surface area contributed by atoms with E-state index in [1.807, 2.05) is 13.8 Å². The fourth-order valence-corrected chi connectivity index (χ4v) is 3.42. The van der Waals surface area contributed by atoms with Crippen LogP contribution in [-0.4, -0.2) is 16.6 Å². The third-order valence-electron chi connectivity index (χ3n) is 4.76. The molecule has 3 unspecified atom stereocenters. The highest BCUT2D eigenvalue weighted by Crippen LogP contribution is 2.52. The van der Waals surface area contributed by atoms with Gasteiger partial charge in [0.1, 0.15) is 0 Å². The van der Waals surface area contributed by atoms with E-state index in [2.05, 4.69) is 13.8 Å². The lowest BCUT2D eigenvalue weighted by Crippen LogP contribution is -2.57. The van der Waals surface area contributed by atoms with Crippen LogP contribution >= 0.6 is 0 Å². The first-order valence-corrected chi connectivity index (χ1v) is 6.21. The summed E-state index contributed by atoms with van der Waals surface area (Å²) in [6, 6.07) is 0. The Bertz CT molecular complexity index is 270. The predicted molar refractivity (Wildman–Crippen MR) is 65.1 cm³/mol. The Hall–Kier alpha value is -0.570. The number of carboxylic acid groups (broad SMARTS) is 1. The molecule has 1 aliphatic carbocycles. The first-order chi connectivity index (χ1) is 7.21. The van der Waals surface area contributed by atoms with Gasteiger partial charge in [-0.1, -0.05) is 26.7 Å². The number of carbonyl (C=O) groups is 1. The van der Waals surface area contributed by atoms with Crippen molar-refractivity contribution in [2.45, 2.75) is 58.9 Å². The van der Waals surface area contributed by atoms with Gasteiger partial charge < -0.3 is 10.8 Å². The minimum Gasteiger partial charge on any atom is -0.481 e. The predicted octanol–water partition coefficient (Wildman–Crippen LogP) is 2.64. The van der Waals surface area contributed by atoms with Crippen LogP contribution in [0.25, 0.3) is 0 Å². The highest BCUT2D eigenvalue weighted by atomic mass is 16.4. The molecule has 1 fully saturated rings. The number of nitrogens with two attached hydrogens (primary N) is 1. The highest BCUT2D eigenvalue weighted by molar-refractivity contribution is 5.68. The summed E-state index contributed by atoms with van der Waals surface area (Å²) in [4.78, 5) is 11.1. The Balaban J connectivity index is 3.07. The molecule has 0 aliphatic heterocycles. The first-order valence-electron chi connectivity index (χ1n) is 6.21. The SMILES string of the molecule is CC1CCCC(CC(=O)O)(C(C)(C)N)C1C. The van der Waals surface area contributed by atoms with E-state index >= 15 is 0 Å². The fraction of sp³-hybridized carbons (Fsp3) is 0.923. The van der Waals surface area contributed by atoms with E-state index in [1.54, 1.807) is 0 Å². The third-order valence-corrected chi connectivity index (χ3v) is 4.76. The van der Waals surface area contributed by atoms with Gasteiger partial charge in [0.2, 0.25) is 0 Å². The summed E-state index contributed by atoms with van der Waals surface area (Å²) >= 11 is 0. The topological polar surface area (TPSA) is 63.3 Å². The maximum Gasteiger partial charge on any atom is 0.303 e. The summed E-state index contributed by atoms with van der Waals surface area (Å²) in [6.07, 6.45) is 3.42. The van der Waals surface area contributed by atoms with Gasteiger partial charge in [0, 0.05) is 11.0 Å². The second-order valence-corrected chi connectivity index (χ2v) is 6.11. The molecule has 3 atom stereocenters. The van der Waals surface area contributed by atoms with E-state index in [9.17, 15) is 4.79 Å². The van der Waals surface area contributed by atoms with Crippen molar-refractivity contribution in [3.8, 4) is 0 Å². The van der Waals surface area contributed by atoms with E-state index in [1.165, 1.54) is 6.42 Å². The summed E-state index contributed by atoms with van der Waals surface area (Å²) in [5.74, 6) is 0.216. The zero-order valence-electron chi connectivity index (χ0n) is 10.9. The molecule has 0 saturated heterocycles. The lowest BCUT2D eigenvalue weighted by molar-refractivity contribution is -0.144. The molecule has 0 heterocycles. The minimum absolute atomic E-state index is 0.196. The Labute approximate surface area is 98.4 Å². The van der Waals surface area contributed by atoms with Crippen molar-refractivity contribution < 1.29 is 9.90 Å².